The Bertz CT molecular complexity index is 887. The summed E-state index contributed by atoms with van der Waals surface area (Å²) in [7, 11) is 3.37. The van der Waals surface area contributed by atoms with Gasteiger partial charge in [-0.25, -0.2) is 0 Å². The quantitative estimate of drug-likeness (QED) is 0.736. The molecule has 0 radical (unpaired) electrons. The maximum absolute atomic E-state index is 13.2. The van der Waals surface area contributed by atoms with E-state index < -0.39 is 0 Å². The van der Waals surface area contributed by atoms with Crippen molar-refractivity contribution in [1.82, 2.24) is 4.90 Å². The van der Waals surface area contributed by atoms with Gasteiger partial charge in [0, 0.05) is 24.8 Å². The molecular formula is C22H24N2O3. The summed E-state index contributed by atoms with van der Waals surface area (Å²) in [4.78, 5) is 29.6. The van der Waals surface area contributed by atoms with E-state index >= 15 is 0 Å². The molecule has 0 spiro atoms. The second kappa shape index (κ2) is 7.66. The van der Waals surface area contributed by atoms with Gasteiger partial charge in [0.15, 0.2) is 0 Å². The van der Waals surface area contributed by atoms with Crippen molar-refractivity contribution in [2.45, 2.75) is 13.8 Å². The lowest BCUT2D eigenvalue weighted by Crippen LogP contribution is -2.36. The summed E-state index contributed by atoms with van der Waals surface area (Å²) in [5, 5.41) is 0. The Balaban J connectivity index is 2.19. The molecule has 2 amide bonds. The van der Waals surface area contributed by atoms with Crippen molar-refractivity contribution in [3.8, 4) is 5.75 Å². The Morgan fingerprint density at radius 1 is 0.963 bits per heavy atom. The van der Waals surface area contributed by atoms with E-state index in [0.29, 0.717) is 29.1 Å². The van der Waals surface area contributed by atoms with E-state index in [-0.39, 0.29) is 17.7 Å². The molecule has 0 fully saturated rings. The zero-order chi connectivity index (χ0) is 19.6. The van der Waals surface area contributed by atoms with Crippen molar-refractivity contribution < 1.29 is 14.3 Å². The molecule has 1 aliphatic heterocycles. The van der Waals surface area contributed by atoms with Crippen LogP contribution in [0.4, 0.5) is 5.69 Å². The van der Waals surface area contributed by atoms with Crippen LogP contribution >= 0.6 is 0 Å². The molecule has 0 saturated carbocycles. The van der Waals surface area contributed by atoms with Gasteiger partial charge in [-0.05, 0) is 24.1 Å². The first-order valence-electron chi connectivity index (χ1n) is 8.98. The van der Waals surface area contributed by atoms with Gasteiger partial charge in [0.1, 0.15) is 11.4 Å². The summed E-state index contributed by atoms with van der Waals surface area (Å²) >= 11 is 0. The zero-order valence-corrected chi connectivity index (χ0v) is 16.1. The second-order valence-electron chi connectivity index (χ2n) is 6.93. The number of carbonyl (C=O) groups excluding carboxylic acids is 2. The van der Waals surface area contributed by atoms with Crippen molar-refractivity contribution in [1.29, 1.82) is 0 Å². The summed E-state index contributed by atoms with van der Waals surface area (Å²) in [6, 6.07) is 16.8. The summed E-state index contributed by atoms with van der Waals surface area (Å²) in [6.07, 6.45) is 0. The second-order valence-corrected chi connectivity index (χ2v) is 6.93. The molecule has 1 aliphatic rings. The predicted molar refractivity (Wildman–Crippen MR) is 106 cm³/mol. The van der Waals surface area contributed by atoms with Gasteiger partial charge in [-0.3, -0.25) is 14.5 Å². The topological polar surface area (TPSA) is 49.9 Å². The maximum atomic E-state index is 13.2. The molecule has 2 aromatic rings. The first-order chi connectivity index (χ1) is 13.0. The first-order valence-corrected chi connectivity index (χ1v) is 8.98. The number of hydrogen-bond donors (Lipinski definition) is 0. The van der Waals surface area contributed by atoms with Crippen molar-refractivity contribution >= 4 is 23.1 Å². The molecule has 0 N–H and O–H groups in total. The van der Waals surface area contributed by atoms with Gasteiger partial charge >= 0.3 is 0 Å². The fraction of sp³-hybridized carbons (Fsp3) is 0.273. The van der Waals surface area contributed by atoms with Gasteiger partial charge < -0.3 is 9.64 Å². The zero-order valence-electron chi connectivity index (χ0n) is 16.1. The van der Waals surface area contributed by atoms with E-state index in [1.807, 2.05) is 69.4 Å². The number of amides is 2. The number of anilines is 1. The number of likely N-dealkylation sites (N-methyl/N-ethyl adjacent to an activating group) is 1. The summed E-state index contributed by atoms with van der Waals surface area (Å²) in [5.41, 5.74) is 2.22. The standard InChI is InChI=1S/C22H24N2O3/c1-15(2)14-24-21(25)19(17-12-8-9-13-18(17)27-4)20(22(24)26)23(3)16-10-6-5-7-11-16/h5-13,15H,14H2,1-4H3. The number of hydrogen-bond acceptors (Lipinski definition) is 4. The van der Waals surface area contributed by atoms with E-state index in [2.05, 4.69) is 0 Å². The van der Waals surface area contributed by atoms with Crippen LogP contribution in [0.25, 0.3) is 5.57 Å². The number of imide groups is 1. The number of rotatable bonds is 6. The minimum absolute atomic E-state index is 0.179. The van der Waals surface area contributed by atoms with Gasteiger partial charge in [0.2, 0.25) is 0 Å². The normalized spacial score (nSPS) is 14.3. The first kappa shape index (κ1) is 18.7. The SMILES string of the molecule is COc1ccccc1C1=C(N(C)c2ccccc2)C(=O)N(CC(C)C)C1=O. The predicted octanol–water partition coefficient (Wildman–Crippen LogP) is 3.57. The molecule has 5 nitrogen and oxygen atoms in total. The molecule has 27 heavy (non-hydrogen) atoms. The minimum atomic E-state index is -0.281. The van der Waals surface area contributed by atoms with Crippen LogP contribution in [0.3, 0.4) is 0 Å². The lowest BCUT2D eigenvalue weighted by Gasteiger charge is -2.22. The van der Waals surface area contributed by atoms with E-state index in [1.165, 1.54) is 4.90 Å². The summed E-state index contributed by atoms with van der Waals surface area (Å²) < 4.78 is 5.46. The Morgan fingerprint density at radius 3 is 2.22 bits per heavy atom. The fourth-order valence-corrected chi connectivity index (χ4v) is 3.28. The molecule has 140 valence electrons. The maximum Gasteiger partial charge on any atom is 0.278 e. The summed E-state index contributed by atoms with van der Waals surface area (Å²) in [5.74, 6) is 0.189. The third-order valence-electron chi connectivity index (χ3n) is 4.55. The molecule has 0 aliphatic carbocycles. The van der Waals surface area contributed by atoms with Crippen molar-refractivity contribution in [2.75, 3.05) is 25.6 Å². The lowest BCUT2D eigenvalue weighted by atomic mass is 10.0. The number of nitrogens with zero attached hydrogens (tertiary/aromatic N) is 2. The molecule has 0 bridgehead atoms. The Kier molecular flexibility index (Phi) is 5.31. The third-order valence-corrected chi connectivity index (χ3v) is 4.55. The van der Waals surface area contributed by atoms with Gasteiger partial charge in [0.25, 0.3) is 11.8 Å². The molecule has 5 heteroatoms. The largest absolute Gasteiger partial charge is 0.496 e. The van der Waals surface area contributed by atoms with E-state index in [4.69, 9.17) is 4.74 Å². The molecule has 1 heterocycles. The van der Waals surface area contributed by atoms with E-state index in [1.54, 1.807) is 18.1 Å². The van der Waals surface area contributed by atoms with Crippen LogP contribution in [0.2, 0.25) is 0 Å². The van der Waals surface area contributed by atoms with Gasteiger partial charge in [-0.1, -0.05) is 50.2 Å². The smallest absolute Gasteiger partial charge is 0.278 e. The third kappa shape index (κ3) is 3.45. The van der Waals surface area contributed by atoms with E-state index in [9.17, 15) is 9.59 Å². The molecule has 0 unspecified atom stereocenters. The van der Waals surface area contributed by atoms with E-state index in [0.717, 1.165) is 5.69 Å². The number of para-hydroxylation sites is 2. The van der Waals surface area contributed by atoms with Crippen LogP contribution in [-0.2, 0) is 9.59 Å². The highest BCUT2D eigenvalue weighted by Crippen LogP contribution is 2.37. The molecule has 0 aromatic heterocycles. The number of carbonyl (C=O) groups is 2. The molecule has 0 saturated heterocycles. The Morgan fingerprint density at radius 2 is 1.59 bits per heavy atom. The van der Waals surface area contributed by atoms with Crippen LogP contribution in [0, 0.1) is 5.92 Å². The minimum Gasteiger partial charge on any atom is -0.496 e. The Labute approximate surface area is 159 Å². The van der Waals surface area contributed by atoms with Crippen molar-refractivity contribution in [3.05, 3.63) is 65.9 Å². The van der Waals surface area contributed by atoms with Gasteiger partial charge in [-0.15, -0.1) is 0 Å². The number of ether oxygens (including phenoxy) is 1. The monoisotopic (exact) mass is 364 g/mol. The average Bonchev–Trinajstić information content (AvgIpc) is 2.92. The van der Waals surface area contributed by atoms with Crippen LogP contribution in [0.15, 0.2) is 60.3 Å². The molecule has 2 aromatic carbocycles. The highest BCUT2D eigenvalue weighted by atomic mass is 16.5. The average molecular weight is 364 g/mol. The highest BCUT2D eigenvalue weighted by Gasteiger charge is 2.42. The number of benzene rings is 2. The van der Waals surface area contributed by atoms with Crippen LogP contribution in [0.1, 0.15) is 19.4 Å². The molecule has 3 rings (SSSR count). The van der Waals surface area contributed by atoms with Gasteiger partial charge in [-0.2, -0.15) is 0 Å². The lowest BCUT2D eigenvalue weighted by molar-refractivity contribution is -0.137. The molecule has 0 atom stereocenters. The van der Waals surface area contributed by atoms with Crippen LogP contribution in [0.5, 0.6) is 5.75 Å². The van der Waals surface area contributed by atoms with Crippen molar-refractivity contribution in [3.63, 3.8) is 0 Å². The van der Waals surface area contributed by atoms with Crippen LogP contribution < -0.4 is 9.64 Å². The fourth-order valence-electron chi connectivity index (χ4n) is 3.28. The summed E-state index contributed by atoms with van der Waals surface area (Å²) in [6.45, 7) is 4.35. The Hall–Kier alpha value is -3.08. The van der Waals surface area contributed by atoms with Crippen LogP contribution in [-0.4, -0.2) is 37.4 Å². The molecular weight excluding hydrogens is 340 g/mol. The number of methoxy groups -OCH3 is 1. The van der Waals surface area contributed by atoms with Gasteiger partial charge in [0.05, 0.1) is 12.7 Å². The highest BCUT2D eigenvalue weighted by molar-refractivity contribution is 6.37. The van der Waals surface area contributed by atoms with Crippen molar-refractivity contribution in [2.24, 2.45) is 5.92 Å².